The van der Waals surface area contributed by atoms with Crippen LogP contribution in [0.15, 0.2) is 100 Å². The maximum atomic E-state index is 2.69. The average Bonchev–Trinajstić information content (AvgIpc) is 3.60. The van der Waals surface area contributed by atoms with E-state index in [1.54, 1.807) is 22.5 Å². The number of rotatable bonds is 4. The molecule has 0 unspecified atom stereocenters. The Morgan fingerprint density at radius 2 is 1.18 bits per heavy atom. The van der Waals surface area contributed by atoms with Gasteiger partial charge in [-0.05, 0) is 0 Å². The van der Waals surface area contributed by atoms with Crippen LogP contribution in [0.25, 0.3) is 11.1 Å². The van der Waals surface area contributed by atoms with Crippen LogP contribution in [0.1, 0.15) is 81.3 Å². The van der Waals surface area contributed by atoms with Crippen LogP contribution in [0.3, 0.4) is 0 Å². The summed E-state index contributed by atoms with van der Waals surface area (Å²) in [6.07, 6.45) is 9.43. The number of aryl methyl sites for hydroxylation is 2. The van der Waals surface area contributed by atoms with Crippen molar-refractivity contribution in [2.24, 2.45) is 0 Å². The molecular weight excluding hydrogens is 671 g/mol. The summed E-state index contributed by atoms with van der Waals surface area (Å²) in [5, 5.41) is 3.16. The van der Waals surface area contributed by atoms with E-state index >= 15 is 0 Å². The summed E-state index contributed by atoms with van der Waals surface area (Å²) < 4.78 is 3.50. The Kier molecular flexibility index (Phi) is 10.6. The summed E-state index contributed by atoms with van der Waals surface area (Å²) in [7, 11) is 0. The first-order valence-electron chi connectivity index (χ1n) is 15.5. The van der Waals surface area contributed by atoms with E-state index < -0.39 is 25.8 Å². The Morgan fingerprint density at radius 1 is 0.636 bits per heavy atom. The Labute approximate surface area is 286 Å². The van der Waals surface area contributed by atoms with Crippen LogP contribution in [0.4, 0.5) is 0 Å². The van der Waals surface area contributed by atoms with Crippen molar-refractivity contribution in [1.29, 1.82) is 0 Å². The van der Waals surface area contributed by atoms with Crippen LogP contribution in [-0.4, -0.2) is 5.43 Å². The van der Waals surface area contributed by atoms with Gasteiger partial charge in [0.05, 0.1) is 0 Å². The van der Waals surface area contributed by atoms with E-state index in [0.717, 1.165) is 12.8 Å². The summed E-state index contributed by atoms with van der Waals surface area (Å²) >= 11 is -2.50. The third-order valence-corrected chi connectivity index (χ3v) is 27.7. The molecule has 0 fully saturated rings. The zero-order chi connectivity index (χ0) is 29.8. The summed E-state index contributed by atoms with van der Waals surface area (Å²) in [6, 6.07) is 31.8. The van der Waals surface area contributed by atoms with Crippen molar-refractivity contribution in [1.82, 2.24) is 0 Å². The molecule has 4 aromatic carbocycles. The van der Waals surface area contributed by atoms with E-state index in [0.29, 0.717) is 0 Å². The van der Waals surface area contributed by atoms with E-state index in [1.165, 1.54) is 38.9 Å². The summed E-state index contributed by atoms with van der Waals surface area (Å²) in [5.41, 5.74) is 10.9. The predicted molar refractivity (Wildman–Crippen MR) is 195 cm³/mol. The predicted octanol–water partition coefficient (Wildman–Crippen LogP) is 9.21. The van der Waals surface area contributed by atoms with Crippen molar-refractivity contribution in [3.8, 4) is 11.1 Å². The van der Waals surface area contributed by atoms with Gasteiger partial charge in [0.25, 0.3) is 0 Å². The van der Waals surface area contributed by atoms with Crippen LogP contribution in [-0.2, 0) is 37.6 Å². The smallest absolute Gasteiger partial charge is 0.147 e. The van der Waals surface area contributed by atoms with Crippen LogP contribution in [0.5, 0.6) is 0 Å². The van der Waals surface area contributed by atoms with Crippen molar-refractivity contribution in [3.63, 3.8) is 0 Å². The average molecular weight is 717 g/mol. The number of hydrogen-bond acceptors (Lipinski definition) is 0. The van der Waals surface area contributed by atoms with Gasteiger partial charge in [0.15, 0.2) is 0 Å². The fourth-order valence-corrected chi connectivity index (χ4v) is 26.7. The number of hydrogen-bond donors (Lipinski definition) is 0. The zero-order valence-electron chi connectivity index (χ0n) is 27.5. The molecule has 6 rings (SSSR count). The van der Waals surface area contributed by atoms with Crippen LogP contribution >= 0.6 is 24.8 Å². The first-order chi connectivity index (χ1) is 19.9. The van der Waals surface area contributed by atoms with Crippen molar-refractivity contribution < 1.29 is 20.4 Å². The number of halogens is 2. The van der Waals surface area contributed by atoms with E-state index in [2.05, 4.69) is 152 Å². The van der Waals surface area contributed by atoms with Crippen LogP contribution in [0.2, 0.25) is 0 Å². The molecule has 0 heterocycles. The molecule has 0 aromatic heterocycles. The molecule has 0 atom stereocenters. The van der Waals surface area contributed by atoms with Crippen molar-refractivity contribution in [3.05, 3.63) is 134 Å². The van der Waals surface area contributed by atoms with Gasteiger partial charge < -0.3 is 0 Å². The minimum absolute atomic E-state index is 0. The molecule has 0 aliphatic heterocycles. The van der Waals surface area contributed by atoms with E-state index in [1.807, 2.05) is 0 Å². The van der Waals surface area contributed by atoms with Gasteiger partial charge in [-0.3, -0.25) is 0 Å². The van der Waals surface area contributed by atoms with E-state index in [-0.39, 0.29) is 35.6 Å². The maximum Gasteiger partial charge on any atom is -0.147 e. The van der Waals surface area contributed by atoms with Crippen molar-refractivity contribution >= 4 is 43.9 Å². The molecular formula is C40H46Cl2SiZr. The van der Waals surface area contributed by atoms with Crippen LogP contribution < -0.4 is 13.6 Å². The van der Waals surface area contributed by atoms with Gasteiger partial charge in [-0.25, -0.2) is 0 Å². The Bertz CT molecular complexity index is 1730. The first-order valence-corrected chi connectivity index (χ1v) is 23.1. The van der Waals surface area contributed by atoms with Gasteiger partial charge in [-0.1, -0.05) is 0 Å². The summed E-state index contributed by atoms with van der Waals surface area (Å²) in [5.74, 6) is 0. The summed E-state index contributed by atoms with van der Waals surface area (Å²) in [6.45, 7) is 18.6. The zero-order valence-corrected chi connectivity index (χ0v) is 32.6. The van der Waals surface area contributed by atoms with E-state index in [9.17, 15) is 0 Å². The first kappa shape index (κ1) is 34.9. The van der Waals surface area contributed by atoms with E-state index in [4.69, 9.17) is 0 Å². The molecule has 0 spiro atoms. The molecule has 4 heteroatoms. The molecule has 2 aliphatic rings. The molecule has 0 nitrogen and oxygen atoms in total. The molecule has 4 aromatic rings. The quantitative estimate of drug-likeness (QED) is 0.163. The van der Waals surface area contributed by atoms with Gasteiger partial charge in [-0.15, -0.1) is 24.8 Å². The second kappa shape index (κ2) is 13.4. The number of allylic oxidation sites excluding steroid dienone is 4. The molecule has 0 amide bonds. The number of fused-ring (bicyclic) bond motifs is 3. The fraction of sp³-hybridized carbons (Fsp3) is 0.300. The molecule has 2 aliphatic carbocycles. The second-order valence-electron chi connectivity index (χ2n) is 14.4. The fourth-order valence-electron chi connectivity index (χ4n) is 6.39. The molecule has 0 N–H and O–H groups in total. The third-order valence-electron chi connectivity index (χ3n) is 9.04. The van der Waals surface area contributed by atoms with Gasteiger partial charge in [0, 0.05) is 0 Å². The topological polar surface area (TPSA) is 0 Å². The largest absolute Gasteiger partial charge is 0.147 e. The Balaban J connectivity index is 0.00000221. The molecule has 0 saturated carbocycles. The normalized spacial score (nSPS) is 13.4. The minimum Gasteiger partial charge on any atom is -0.147 e. The molecule has 0 bridgehead atoms. The minimum atomic E-state index is -2.50. The van der Waals surface area contributed by atoms with Gasteiger partial charge in [-0.2, -0.15) is 0 Å². The van der Waals surface area contributed by atoms with Crippen molar-refractivity contribution in [2.75, 3.05) is 0 Å². The molecule has 0 saturated heterocycles. The Morgan fingerprint density at radius 3 is 1.68 bits per heavy atom. The van der Waals surface area contributed by atoms with Crippen molar-refractivity contribution in [2.45, 2.75) is 79.1 Å². The summed E-state index contributed by atoms with van der Waals surface area (Å²) in [4.78, 5) is 0. The Hall–Kier alpha value is -1.96. The van der Waals surface area contributed by atoms with Crippen LogP contribution in [0, 0.1) is 13.8 Å². The van der Waals surface area contributed by atoms with Gasteiger partial charge >= 0.3 is 263 Å². The molecule has 44 heavy (non-hydrogen) atoms. The maximum absolute atomic E-state index is 2.69. The van der Waals surface area contributed by atoms with Gasteiger partial charge in [0.2, 0.25) is 0 Å². The standard InChI is InChI=1S/C21H25.C14H14Si.C5H5.2ClH.Zr/c1-20(2,3)16-9-7-14-11-15-8-10-17(21(4,5)6)13-19(15)18(14)12-16;1-11-3-7-13(8-4-11)15-14-9-5-12(2)6-10-14;1-2-4-5-3-1;;;/h7,9-10,12-13H,11H2,1-6H3;3-10H,1-2H3;1-3H,4H2;2*1H;. The monoisotopic (exact) mass is 714 g/mol. The van der Waals surface area contributed by atoms with Gasteiger partial charge in [0.1, 0.15) is 0 Å². The molecule has 0 radical (unpaired) electrons. The molecule has 228 valence electrons. The second-order valence-corrected chi connectivity index (χ2v) is 27.7. The number of benzene rings is 4. The SMILES string of the molecule is Cc1ccc([Si](c2ccc(C)cc2)=[Zr]([C]2=CC=CC2)[c]2cc(C(C)(C)C)cc3c2Cc2ccc(C(C)(C)C)cc2-3)cc1.Cl.Cl. The third kappa shape index (κ3) is 6.90.